The number of hydrogen-bond acceptors (Lipinski definition) is 2. The van der Waals surface area contributed by atoms with Crippen molar-refractivity contribution >= 4 is 0 Å². The first-order chi connectivity index (χ1) is 7.33. The summed E-state index contributed by atoms with van der Waals surface area (Å²) in [5, 5.41) is 3.54. The van der Waals surface area contributed by atoms with Crippen molar-refractivity contribution in [2.24, 2.45) is 5.92 Å². The molecule has 2 heteroatoms. The van der Waals surface area contributed by atoms with E-state index in [1.54, 1.807) is 0 Å². The molecule has 15 heavy (non-hydrogen) atoms. The smallest absolute Gasteiger partial charge is 0.0590 e. The van der Waals surface area contributed by atoms with Crippen LogP contribution in [0.25, 0.3) is 0 Å². The van der Waals surface area contributed by atoms with E-state index in [-0.39, 0.29) is 0 Å². The van der Waals surface area contributed by atoms with Gasteiger partial charge in [-0.1, -0.05) is 32.1 Å². The van der Waals surface area contributed by atoms with Crippen LogP contribution in [0, 0.1) is 5.92 Å². The van der Waals surface area contributed by atoms with Gasteiger partial charge in [0.05, 0.1) is 6.61 Å². The average Bonchev–Trinajstić information content (AvgIpc) is 2.26. The van der Waals surface area contributed by atoms with Gasteiger partial charge in [-0.2, -0.15) is 0 Å². The minimum Gasteiger partial charge on any atom is -0.380 e. The SMILES string of the molecule is CCOCCNC(C)CC1CCCCC1. The van der Waals surface area contributed by atoms with Gasteiger partial charge in [0, 0.05) is 19.2 Å². The molecule has 0 bridgehead atoms. The molecule has 0 aliphatic heterocycles. The zero-order valence-electron chi connectivity index (χ0n) is 10.4. The minimum absolute atomic E-state index is 0.661. The molecule has 0 amide bonds. The third kappa shape index (κ3) is 6.16. The number of rotatable bonds is 7. The third-order valence-electron chi connectivity index (χ3n) is 3.35. The van der Waals surface area contributed by atoms with E-state index in [1.807, 2.05) is 6.92 Å². The highest BCUT2D eigenvalue weighted by atomic mass is 16.5. The molecule has 1 saturated carbocycles. The van der Waals surface area contributed by atoms with Gasteiger partial charge >= 0.3 is 0 Å². The van der Waals surface area contributed by atoms with Gasteiger partial charge < -0.3 is 10.1 Å². The lowest BCUT2D eigenvalue weighted by atomic mass is 9.85. The maximum Gasteiger partial charge on any atom is 0.0590 e. The number of nitrogens with one attached hydrogen (secondary N) is 1. The van der Waals surface area contributed by atoms with Gasteiger partial charge in [-0.15, -0.1) is 0 Å². The number of ether oxygens (including phenoxy) is 1. The Morgan fingerprint density at radius 2 is 2.00 bits per heavy atom. The van der Waals surface area contributed by atoms with Crippen LogP contribution >= 0.6 is 0 Å². The molecule has 0 aromatic heterocycles. The first kappa shape index (κ1) is 13.0. The minimum atomic E-state index is 0.661. The molecule has 0 heterocycles. The molecule has 1 atom stereocenters. The maximum absolute atomic E-state index is 5.31. The molecule has 1 N–H and O–H groups in total. The second-order valence-electron chi connectivity index (χ2n) is 4.79. The summed E-state index contributed by atoms with van der Waals surface area (Å²) >= 11 is 0. The highest BCUT2D eigenvalue weighted by Gasteiger charge is 2.15. The van der Waals surface area contributed by atoms with E-state index in [0.717, 1.165) is 25.7 Å². The molecule has 0 saturated heterocycles. The quantitative estimate of drug-likeness (QED) is 0.656. The Bertz CT molecular complexity index is 143. The standard InChI is InChI=1S/C13H27NO/c1-3-15-10-9-14-12(2)11-13-7-5-4-6-8-13/h12-14H,3-11H2,1-2H3. The molecule has 1 unspecified atom stereocenters. The van der Waals surface area contributed by atoms with E-state index in [4.69, 9.17) is 4.74 Å². The van der Waals surface area contributed by atoms with Crippen LogP contribution in [0.2, 0.25) is 0 Å². The van der Waals surface area contributed by atoms with Crippen molar-refractivity contribution in [3.63, 3.8) is 0 Å². The Hall–Kier alpha value is -0.0800. The molecule has 0 aromatic rings. The maximum atomic E-state index is 5.31. The molecule has 0 aromatic carbocycles. The van der Waals surface area contributed by atoms with E-state index in [0.29, 0.717) is 6.04 Å². The molecule has 1 fully saturated rings. The lowest BCUT2D eigenvalue weighted by Crippen LogP contribution is -2.31. The molecular formula is C13H27NO. The lowest BCUT2D eigenvalue weighted by Gasteiger charge is -2.25. The van der Waals surface area contributed by atoms with E-state index >= 15 is 0 Å². The summed E-state index contributed by atoms with van der Waals surface area (Å²) in [7, 11) is 0. The van der Waals surface area contributed by atoms with Gasteiger partial charge in [0.2, 0.25) is 0 Å². The van der Waals surface area contributed by atoms with Crippen molar-refractivity contribution in [1.29, 1.82) is 0 Å². The predicted molar refractivity (Wildman–Crippen MR) is 65.1 cm³/mol. The Kier molecular flexibility index (Phi) is 7.03. The van der Waals surface area contributed by atoms with Crippen LogP contribution in [0.15, 0.2) is 0 Å². The summed E-state index contributed by atoms with van der Waals surface area (Å²) in [4.78, 5) is 0. The van der Waals surface area contributed by atoms with Crippen molar-refractivity contribution in [3.8, 4) is 0 Å². The van der Waals surface area contributed by atoms with Crippen LogP contribution in [0.5, 0.6) is 0 Å². The van der Waals surface area contributed by atoms with E-state index in [1.165, 1.54) is 38.5 Å². The summed E-state index contributed by atoms with van der Waals surface area (Å²) < 4.78 is 5.31. The molecule has 0 spiro atoms. The molecule has 0 radical (unpaired) electrons. The van der Waals surface area contributed by atoms with E-state index in [2.05, 4.69) is 12.2 Å². The zero-order chi connectivity index (χ0) is 10.9. The first-order valence-electron chi connectivity index (χ1n) is 6.64. The highest BCUT2D eigenvalue weighted by Crippen LogP contribution is 2.27. The Labute approximate surface area is 94.8 Å². The van der Waals surface area contributed by atoms with Crippen molar-refractivity contribution < 1.29 is 4.74 Å². The largest absolute Gasteiger partial charge is 0.380 e. The fourth-order valence-corrected chi connectivity index (χ4v) is 2.53. The molecule has 90 valence electrons. The van der Waals surface area contributed by atoms with Gasteiger partial charge in [-0.3, -0.25) is 0 Å². The van der Waals surface area contributed by atoms with Crippen LogP contribution in [0.3, 0.4) is 0 Å². The normalized spacial score (nSPS) is 20.4. The Morgan fingerprint density at radius 1 is 1.27 bits per heavy atom. The van der Waals surface area contributed by atoms with Crippen LogP contribution < -0.4 is 5.32 Å². The molecule has 2 nitrogen and oxygen atoms in total. The molecule has 1 rings (SSSR count). The molecule has 1 aliphatic rings. The van der Waals surface area contributed by atoms with Gasteiger partial charge in [0.25, 0.3) is 0 Å². The van der Waals surface area contributed by atoms with E-state index < -0.39 is 0 Å². The van der Waals surface area contributed by atoms with Gasteiger partial charge in [-0.25, -0.2) is 0 Å². The van der Waals surface area contributed by atoms with Gasteiger partial charge in [0.1, 0.15) is 0 Å². The number of hydrogen-bond donors (Lipinski definition) is 1. The summed E-state index contributed by atoms with van der Waals surface area (Å²) in [6.45, 7) is 7.04. The van der Waals surface area contributed by atoms with Crippen molar-refractivity contribution in [1.82, 2.24) is 5.32 Å². The van der Waals surface area contributed by atoms with Crippen LogP contribution in [0.4, 0.5) is 0 Å². The monoisotopic (exact) mass is 213 g/mol. The Morgan fingerprint density at radius 3 is 2.67 bits per heavy atom. The van der Waals surface area contributed by atoms with Crippen LogP contribution in [-0.4, -0.2) is 25.8 Å². The summed E-state index contributed by atoms with van der Waals surface area (Å²) in [5.74, 6) is 0.980. The predicted octanol–water partition coefficient (Wildman–Crippen LogP) is 2.97. The second-order valence-corrected chi connectivity index (χ2v) is 4.79. The summed E-state index contributed by atoms with van der Waals surface area (Å²) in [6.07, 6.45) is 8.64. The second kappa shape index (κ2) is 8.12. The van der Waals surface area contributed by atoms with Crippen LogP contribution in [-0.2, 0) is 4.74 Å². The Balaban J connectivity index is 1.98. The average molecular weight is 213 g/mol. The summed E-state index contributed by atoms with van der Waals surface area (Å²) in [6, 6.07) is 0.661. The van der Waals surface area contributed by atoms with Crippen LogP contribution in [0.1, 0.15) is 52.4 Å². The molecule has 1 aliphatic carbocycles. The van der Waals surface area contributed by atoms with Gasteiger partial charge in [0.15, 0.2) is 0 Å². The molecular weight excluding hydrogens is 186 g/mol. The lowest BCUT2D eigenvalue weighted by molar-refractivity contribution is 0.145. The van der Waals surface area contributed by atoms with Crippen molar-refractivity contribution in [3.05, 3.63) is 0 Å². The first-order valence-corrected chi connectivity index (χ1v) is 6.64. The fourth-order valence-electron chi connectivity index (χ4n) is 2.53. The third-order valence-corrected chi connectivity index (χ3v) is 3.35. The van der Waals surface area contributed by atoms with Crippen molar-refractivity contribution in [2.45, 2.75) is 58.4 Å². The van der Waals surface area contributed by atoms with Crippen molar-refractivity contribution in [2.75, 3.05) is 19.8 Å². The summed E-state index contributed by atoms with van der Waals surface area (Å²) in [5.41, 5.74) is 0. The topological polar surface area (TPSA) is 21.3 Å². The highest BCUT2D eigenvalue weighted by molar-refractivity contribution is 4.71. The van der Waals surface area contributed by atoms with Gasteiger partial charge in [-0.05, 0) is 26.2 Å². The fraction of sp³-hybridized carbons (Fsp3) is 1.00. The zero-order valence-corrected chi connectivity index (χ0v) is 10.4. The van der Waals surface area contributed by atoms with E-state index in [9.17, 15) is 0 Å².